The molecule has 1 heterocycles. The van der Waals surface area contributed by atoms with Crippen molar-refractivity contribution < 1.29 is 27.9 Å². The van der Waals surface area contributed by atoms with Crippen molar-refractivity contribution in [2.45, 2.75) is 19.1 Å². The Bertz CT molecular complexity index is 1780. The summed E-state index contributed by atoms with van der Waals surface area (Å²) in [6.45, 7) is 0.153. The number of nitriles is 1. The lowest BCUT2D eigenvalue weighted by Crippen LogP contribution is -2.23. The first-order chi connectivity index (χ1) is 19.6. The zero-order chi connectivity index (χ0) is 29.1. The highest BCUT2D eigenvalue weighted by Crippen LogP contribution is 2.33. The van der Waals surface area contributed by atoms with Crippen molar-refractivity contribution in [2.24, 2.45) is 0 Å². The largest absolute Gasteiger partial charge is 0.478 e. The maximum absolute atomic E-state index is 13.6. The van der Waals surface area contributed by atoms with Crippen LogP contribution in [0.3, 0.4) is 0 Å². The van der Waals surface area contributed by atoms with Crippen molar-refractivity contribution >= 4 is 22.8 Å². The first-order valence-electron chi connectivity index (χ1n) is 12.5. The van der Waals surface area contributed by atoms with E-state index in [1.807, 2.05) is 6.07 Å². The number of H-pyrrole nitrogens is 1. The molecule has 204 valence electrons. The second-order valence-corrected chi connectivity index (χ2v) is 9.51. The molecule has 0 aliphatic rings. The van der Waals surface area contributed by atoms with Crippen LogP contribution in [-0.4, -0.2) is 22.0 Å². The predicted molar refractivity (Wildman–Crippen MR) is 147 cm³/mol. The molecule has 0 atom stereocenters. The number of alkyl halides is 3. The number of aromatic amines is 1. The average molecular weight is 554 g/mol. The molecule has 0 aliphatic carbocycles. The standard InChI is InChI=1S/C32H22F3N3O3/c33-32(34,35)26-11-5-19(6-12-26)13-25-18-37-28-15-24(22-7-1-20(16-36)2-8-22)14-27(29(25)28)30(39)38-17-21-3-9-23(10-4-21)31(40)41/h1-12,14-15,18,37H,13,17H2,(H,38,39)(H,40,41). The maximum atomic E-state index is 13.6. The number of hydrogen-bond donors (Lipinski definition) is 3. The normalized spacial score (nSPS) is 11.3. The van der Waals surface area contributed by atoms with Crippen LogP contribution in [0.25, 0.3) is 22.0 Å². The molecule has 0 fully saturated rings. The molecule has 4 aromatic carbocycles. The molecule has 0 saturated heterocycles. The highest BCUT2D eigenvalue weighted by atomic mass is 19.4. The highest BCUT2D eigenvalue weighted by molar-refractivity contribution is 6.09. The minimum atomic E-state index is -4.43. The molecule has 1 aromatic heterocycles. The Morgan fingerprint density at radius 2 is 1.54 bits per heavy atom. The molecule has 41 heavy (non-hydrogen) atoms. The fourth-order valence-electron chi connectivity index (χ4n) is 4.64. The molecule has 5 rings (SSSR count). The van der Waals surface area contributed by atoms with Crippen molar-refractivity contribution in [1.29, 1.82) is 5.26 Å². The van der Waals surface area contributed by atoms with Crippen LogP contribution in [0.2, 0.25) is 0 Å². The van der Waals surface area contributed by atoms with Crippen LogP contribution >= 0.6 is 0 Å². The zero-order valence-electron chi connectivity index (χ0n) is 21.4. The summed E-state index contributed by atoms with van der Waals surface area (Å²) in [5.74, 6) is -1.42. The molecule has 0 unspecified atom stereocenters. The summed E-state index contributed by atoms with van der Waals surface area (Å²) in [4.78, 5) is 27.9. The number of rotatable bonds is 7. The summed E-state index contributed by atoms with van der Waals surface area (Å²) in [6.07, 6.45) is -2.39. The van der Waals surface area contributed by atoms with Gasteiger partial charge in [-0.15, -0.1) is 0 Å². The third-order valence-corrected chi connectivity index (χ3v) is 6.78. The van der Waals surface area contributed by atoms with Gasteiger partial charge in [-0.2, -0.15) is 18.4 Å². The van der Waals surface area contributed by atoms with E-state index < -0.39 is 17.7 Å². The molecule has 0 aliphatic heterocycles. The van der Waals surface area contributed by atoms with Gasteiger partial charge in [0, 0.05) is 29.2 Å². The number of benzene rings is 4. The van der Waals surface area contributed by atoms with Crippen molar-refractivity contribution in [3.63, 3.8) is 0 Å². The number of nitrogens with one attached hydrogen (secondary N) is 2. The summed E-state index contributed by atoms with van der Waals surface area (Å²) in [5.41, 5.74) is 4.58. The van der Waals surface area contributed by atoms with Crippen molar-refractivity contribution in [3.8, 4) is 17.2 Å². The Balaban J connectivity index is 1.50. The van der Waals surface area contributed by atoms with Crippen LogP contribution < -0.4 is 5.32 Å². The van der Waals surface area contributed by atoms with Crippen molar-refractivity contribution in [3.05, 3.63) is 130 Å². The summed E-state index contributed by atoms with van der Waals surface area (Å²) in [5, 5.41) is 21.8. The zero-order valence-corrected chi connectivity index (χ0v) is 21.4. The van der Waals surface area contributed by atoms with Gasteiger partial charge in [-0.3, -0.25) is 4.79 Å². The molecule has 9 heteroatoms. The number of carbonyl (C=O) groups is 2. The van der Waals surface area contributed by atoms with Gasteiger partial charge in [0.2, 0.25) is 0 Å². The molecular weight excluding hydrogens is 531 g/mol. The van der Waals surface area contributed by atoms with E-state index >= 15 is 0 Å². The van der Waals surface area contributed by atoms with Gasteiger partial charge in [0.25, 0.3) is 5.91 Å². The topological polar surface area (TPSA) is 106 Å². The van der Waals surface area contributed by atoms with E-state index in [0.29, 0.717) is 39.6 Å². The second-order valence-electron chi connectivity index (χ2n) is 9.51. The van der Waals surface area contributed by atoms with Gasteiger partial charge >= 0.3 is 12.1 Å². The van der Waals surface area contributed by atoms with E-state index in [-0.39, 0.29) is 18.0 Å². The maximum Gasteiger partial charge on any atom is 0.416 e. The minimum absolute atomic E-state index is 0.136. The number of carbonyl (C=O) groups excluding carboxylic acids is 1. The number of halogens is 3. The van der Waals surface area contributed by atoms with Crippen molar-refractivity contribution in [1.82, 2.24) is 10.3 Å². The number of fused-ring (bicyclic) bond motifs is 1. The number of aromatic nitrogens is 1. The van der Waals surface area contributed by atoms with Gasteiger partial charge < -0.3 is 15.4 Å². The van der Waals surface area contributed by atoms with Gasteiger partial charge in [0.05, 0.1) is 22.8 Å². The Hall–Kier alpha value is -5.36. The lowest BCUT2D eigenvalue weighted by molar-refractivity contribution is -0.137. The second kappa shape index (κ2) is 11.0. The molecular formula is C32H22F3N3O3. The minimum Gasteiger partial charge on any atom is -0.478 e. The van der Waals surface area contributed by atoms with Gasteiger partial charge in [-0.1, -0.05) is 36.4 Å². The lowest BCUT2D eigenvalue weighted by atomic mass is 9.95. The molecule has 0 bridgehead atoms. The van der Waals surface area contributed by atoms with Crippen LogP contribution in [0.4, 0.5) is 13.2 Å². The number of amides is 1. The van der Waals surface area contributed by atoms with Crippen LogP contribution in [0, 0.1) is 11.3 Å². The monoisotopic (exact) mass is 553 g/mol. The fourth-order valence-corrected chi connectivity index (χ4v) is 4.64. The van der Waals surface area contributed by atoms with E-state index in [2.05, 4.69) is 16.4 Å². The molecule has 1 amide bonds. The molecule has 5 aromatic rings. The fraction of sp³-hybridized carbons (Fsp3) is 0.0938. The van der Waals surface area contributed by atoms with Crippen LogP contribution in [0.5, 0.6) is 0 Å². The number of aromatic carboxylic acids is 1. The third kappa shape index (κ3) is 5.97. The highest BCUT2D eigenvalue weighted by Gasteiger charge is 2.30. The average Bonchev–Trinajstić information content (AvgIpc) is 3.38. The van der Waals surface area contributed by atoms with Crippen LogP contribution in [0.15, 0.2) is 91.1 Å². The first-order valence-corrected chi connectivity index (χ1v) is 12.5. The Labute approximate surface area is 232 Å². The van der Waals surface area contributed by atoms with Crippen molar-refractivity contribution in [2.75, 3.05) is 0 Å². The summed E-state index contributed by atoms with van der Waals surface area (Å²) in [7, 11) is 0. The summed E-state index contributed by atoms with van der Waals surface area (Å²) >= 11 is 0. The Morgan fingerprint density at radius 3 is 2.15 bits per heavy atom. The molecule has 3 N–H and O–H groups in total. The van der Waals surface area contributed by atoms with Crippen LogP contribution in [-0.2, 0) is 19.1 Å². The first kappa shape index (κ1) is 27.2. The van der Waals surface area contributed by atoms with Gasteiger partial charge in [-0.05, 0) is 82.8 Å². The summed E-state index contributed by atoms with van der Waals surface area (Å²) < 4.78 is 39.1. The van der Waals surface area contributed by atoms with Gasteiger partial charge in [0.15, 0.2) is 0 Å². The molecule has 0 spiro atoms. The van der Waals surface area contributed by atoms with Crippen LogP contribution in [0.1, 0.15) is 48.5 Å². The Kier molecular flexibility index (Phi) is 7.32. The number of carboxylic acids is 1. The Morgan fingerprint density at radius 1 is 0.878 bits per heavy atom. The lowest BCUT2D eigenvalue weighted by Gasteiger charge is -2.12. The molecule has 0 saturated carbocycles. The smallest absolute Gasteiger partial charge is 0.416 e. The third-order valence-electron chi connectivity index (χ3n) is 6.78. The number of nitrogens with zero attached hydrogens (tertiary/aromatic N) is 1. The van der Waals surface area contributed by atoms with Gasteiger partial charge in [0.1, 0.15) is 0 Å². The quantitative estimate of drug-likeness (QED) is 0.203. The number of hydrogen-bond acceptors (Lipinski definition) is 3. The van der Waals surface area contributed by atoms with Gasteiger partial charge in [-0.25, -0.2) is 4.79 Å². The van der Waals surface area contributed by atoms with E-state index in [4.69, 9.17) is 10.4 Å². The van der Waals surface area contributed by atoms with E-state index in [1.165, 1.54) is 24.3 Å². The molecule has 6 nitrogen and oxygen atoms in total. The van der Waals surface area contributed by atoms with E-state index in [1.54, 1.807) is 48.7 Å². The molecule has 0 radical (unpaired) electrons. The SMILES string of the molecule is N#Cc1ccc(-c2cc(C(=O)NCc3ccc(C(=O)O)cc3)c3c(Cc4ccc(C(F)(F)F)cc4)c[nH]c3c2)cc1. The predicted octanol–water partition coefficient (Wildman–Crippen LogP) is 6.94. The van der Waals surface area contributed by atoms with E-state index in [9.17, 15) is 22.8 Å². The summed E-state index contributed by atoms with van der Waals surface area (Å²) in [6, 6.07) is 23.8. The number of carboxylic acid groups (broad SMARTS) is 1. The van der Waals surface area contributed by atoms with E-state index in [0.717, 1.165) is 28.8 Å².